The molecule has 0 amide bonds. The molecule has 3 rings (SSSR count). The maximum atomic E-state index is 12.5. The lowest BCUT2D eigenvalue weighted by Gasteiger charge is -2.49. The summed E-state index contributed by atoms with van der Waals surface area (Å²) in [6.45, 7) is 11.9. The van der Waals surface area contributed by atoms with E-state index >= 15 is 0 Å². The monoisotopic (exact) mass is 356 g/mol. The van der Waals surface area contributed by atoms with Crippen molar-refractivity contribution in [3.8, 4) is 0 Å². The molecule has 2 fully saturated rings. The van der Waals surface area contributed by atoms with E-state index in [1.54, 1.807) is 0 Å². The standard InChI is InChI=1S/C23H32O3/c1-6-16-17-12-13-19(26-21(25)22(2,3)4)23(17,5)14-18(24)20(16)15-10-8-7-9-11-15/h6-11,16-20,24H,1,12-14H2,2-5H3/t16?,17?,18-,19+,20+,23+/m1/s1. The number of fused-ring (bicyclic) bond motifs is 1. The summed E-state index contributed by atoms with van der Waals surface area (Å²) in [5.74, 6) is 0.457. The second-order valence-corrected chi connectivity index (χ2v) is 9.35. The highest BCUT2D eigenvalue weighted by Gasteiger charge is 2.57. The summed E-state index contributed by atoms with van der Waals surface area (Å²) in [5.41, 5.74) is 0.457. The third-order valence-electron chi connectivity index (χ3n) is 6.58. The minimum atomic E-state index is -0.508. The minimum absolute atomic E-state index is 0.0591. The molecule has 1 aromatic rings. The van der Waals surface area contributed by atoms with Gasteiger partial charge < -0.3 is 9.84 Å². The van der Waals surface area contributed by atoms with Crippen molar-refractivity contribution in [2.24, 2.45) is 22.7 Å². The molecule has 2 saturated carbocycles. The van der Waals surface area contributed by atoms with Crippen molar-refractivity contribution >= 4 is 5.97 Å². The zero-order valence-electron chi connectivity index (χ0n) is 16.4. The zero-order valence-corrected chi connectivity index (χ0v) is 16.4. The van der Waals surface area contributed by atoms with Crippen LogP contribution in [0, 0.1) is 22.7 Å². The summed E-state index contributed by atoms with van der Waals surface area (Å²) in [7, 11) is 0. The number of aliphatic hydroxyl groups is 1. The van der Waals surface area contributed by atoms with Gasteiger partial charge in [-0.2, -0.15) is 0 Å². The van der Waals surface area contributed by atoms with Gasteiger partial charge in [-0.15, -0.1) is 6.58 Å². The molecule has 1 N–H and O–H groups in total. The van der Waals surface area contributed by atoms with Gasteiger partial charge >= 0.3 is 5.97 Å². The van der Waals surface area contributed by atoms with E-state index in [2.05, 4.69) is 25.6 Å². The lowest BCUT2D eigenvalue weighted by atomic mass is 9.57. The maximum Gasteiger partial charge on any atom is 0.311 e. The Morgan fingerprint density at radius 1 is 1.27 bits per heavy atom. The Balaban J connectivity index is 1.88. The number of rotatable bonds is 3. The molecule has 3 heteroatoms. The summed E-state index contributed by atoms with van der Waals surface area (Å²) in [5, 5.41) is 11.1. The molecule has 2 aliphatic rings. The van der Waals surface area contributed by atoms with Crippen LogP contribution in [0.1, 0.15) is 58.4 Å². The first-order valence-electron chi connectivity index (χ1n) is 9.75. The normalized spacial score (nSPS) is 37.0. The summed E-state index contributed by atoms with van der Waals surface area (Å²) in [6.07, 6.45) is 3.94. The zero-order chi connectivity index (χ0) is 19.1. The van der Waals surface area contributed by atoms with E-state index in [-0.39, 0.29) is 29.3 Å². The topological polar surface area (TPSA) is 46.5 Å². The van der Waals surface area contributed by atoms with Crippen molar-refractivity contribution in [1.82, 2.24) is 0 Å². The molecule has 142 valence electrons. The van der Waals surface area contributed by atoms with Crippen molar-refractivity contribution in [2.75, 3.05) is 0 Å². The highest BCUT2D eigenvalue weighted by atomic mass is 16.5. The highest BCUT2D eigenvalue weighted by Crippen LogP contribution is 2.59. The van der Waals surface area contributed by atoms with E-state index in [0.29, 0.717) is 12.3 Å². The largest absolute Gasteiger partial charge is 0.461 e. The SMILES string of the molecule is C=CC1C2CC[C@H](OC(=O)C(C)(C)C)[C@@]2(C)C[C@@H](O)[C@H]1c1ccccc1. The molecule has 1 aromatic carbocycles. The van der Waals surface area contributed by atoms with Crippen LogP contribution in [-0.4, -0.2) is 23.3 Å². The molecule has 0 radical (unpaired) electrons. The Hall–Kier alpha value is -1.61. The van der Waals surface area contributed by atoms with Gasteiger partial charge in [-0.3, -0.25) is 4.79 Å². The number of esters is 1. The first-order valence-corrected chi connectivity index (χ1v) is 9.75. The second-order valence-electron chi connectivity index (χ2n) is 9.35. The molecular formula is C23H32O3. The van der Waals surface area contributed by atoms with Gasteiger partial charge in [0.25, 0.3) is 0 Å². The van der Waals surface area contributed by atoms with Crippen molar-refractivity contribution in [3.63, 3.8) is 0 Å². The number of hydrogen-bond donors (Lipinski definition) is 1. The van der Waals surface area contributed by atoms with E-state index in [1.165, 1.54) is 5.56 Å². The summed E-state index contributed by atoms with van der Waals surface area (Å²) >= 11 is 0. The van der Waals surface area contributed by atoms with Crippen LogP contribution in [0.25, 0.3) is 0 Å². The van der Waals surface area contributed by atoms with Crippen LogP contribution >= 0.6 is 0 Å². The van der Waals surface area contributed by atoms with Gasteiger partial charge in [0, 0.05) is 11.3 Å². The third kappa shape index (κ3) is 3.22. The fraction of sp³-hybridized carbons (Fsp3) is 0.609. The molecule has 6 atom stereocenters. The van der Waals surface area contributed by atoms with Crippen LogP contribution in [-0.2, 0) is 9.53 Å². The number of benzene rings is 1. The Labute approximate surface area is 157 Å². The van der Waals surface area contributed by atoms with Crippen molar-refractivity contribution in [1.29, 1.82) is 0 Å². The van der Waals surface area contributed by atoms with Gasteiger partial charge in [0.1, 0.15) is 6.10 Å². The molecule has 0 aliphatic heterocycles. The van der Waals surface area contributed by atoms with E-state index in [4.69, 9.17) is 4.74 Å². The van der Waals surface area contributed by atoms with Gasteiger partial charge in [-0.25, -0.2) is 0 Å². The Morgan fingerprint density at radius 2 is 1.92 bits per heavy atom. The maximum absolute atomic E-state index is 12.5. The fourth-order valence-electron chi connectivity index (χ4n) is 5.16. The number of ether oxygens (including phenoxy) is 1. The Morgan fingerprint density at radius 3 is 2.50 bits per heavy atom. The van der Waals surface area contributed by atoms with Gasteiger partial charge in [0.15, 0.2) is 0 Å². The highest BCUT2D eigenvalue weighted by molar-refractivity contribution is 5.75. The van der Waals surface area contributed by atoms with E-state index in [9.17, 15) is 9.90 Å². The molecule has 2 unspecified atom stereocenters. The van der Waals surface area contributed by atoms with Crippen molar-refractivity contribution < 1.29 is 14.6 Å². The summed E-state index contributed by atoms with van der Waals surface area (Å²) in [4.78, 5) is 12.5. The lowest BCUT2D eigenvalue weighted by Crippen LogP contribution is -2.49. The summed E-state index contributed by atoms with van der Waals surface area (Å²) in [6, 6.07) is 10.2. The van der Waals surface area contributed by atoms with Crippen molar-refractivity contribution in [3.05, 3.63) is 48.6 Å². The number of hydrogen-bond acceptors (Lipinski definition) is 3. The lowest BCUT2D eigenvalue weighted by molar-refractivity contribution is -0.169. The fourth-order valence-corrected chi connectivity index (χ4v) is 5.16. The van der Waals surface area contributed by atoms with Crippen LogP contribution < -0.4 is 0 Å². The van der Waals surface area contributed by atoms with Crippen molar-refractivity contribution in [2.45, 2.75) is 65.1 Å². The molecule has 3 nitrogen and oxygen atoms in total. The van der Waals surface area contributed by atoms with Gasteiger partial charge in [-0.05, 0) is 57.4 Å². The predicted octanol–water partition coefficient (Wildman–Crippen LogP) is 4.71. The van der Waals surface area contributed by atoms with Gasteiger partial charge in [-0.1, -0.05) is 43.3 Å². The summed E-state index contributed by atoms with van der Waals surface area (Å²) < 4.78 is 5.95. The van der Waals surface area contributed by atoms with Gasteiger partial charge in [0.05, 0.1) is 11.5 Å². The second kappa shape index (κ2) is 6.84. The smallest absolute Gasteiger partial charge is 0.311 e. The molecule has 2 aliphatic carbocycles. The third-order valence-corrected chi connectivity index (χ3v) is 6.58. The molecule has 0 aromatic heterocycles. The Bertz CT molecular complexity index is 660. The van der Waals surface area contributed by atoms with Crippen LogP contribution in [0.15, 0.2) is 43.0 Å². The first kappa shape index (κ1) is 19.2. The average molecular weight is 357 g/mol. The van der Waals surface area contributed by atoms with E-state index in [1.807, 2.05) is 45.0 Å². The predicted molar refractivity (Wildman–Crippen MR) is 104 cm³/mol. The quantitative estimate of drug-likeness (QED) is 0.630. The first-order chi connectivity index (χ1) is 12.2. The number of carbonyl (C=O) groups excluding carboxylic acids is 1. The number of allylic oxidation sites excluding steroid dienone is 1. The number of aliphatic hydroxyl groups excluding tert-OH is 1. The van der Waals surface area contributed by atoms with Crippen LogP contribution in [0.4, 0.5) is 0 Å². The average Bonchev–Trinajstić information content (AvgIpc) is 2.89. The molecule has 0 saturated heterocycles. The molecule has 0 heterocycles. The molecule has 26 heavy (non-hydrogen) atoms. The van der Waals surface area contributed by atoms with E-state index < -0.39 is 11.5 Å². The van der Waals surface area contributed by atoms with Gasteiger partial charge in [0.2, 0.25) is 0 Å². The van der Waals surface area contributed by atoms with Crippen LogP contribution in [0.2, 0.25) is 0 Å². The number of carbonyl (C=O) groups is 1. The molecule has 0 bridgehead atoms. The Kier molecular flexibility index (Phi) is 5.04. The molecular weight excluding hydrogens is 324 g/mol. The minimum Gasteiger partial charge on any atom is -0.461 e. The molecule has 0 spiro atoms. The van der Waals surface area contributed by atoms with Crippen LogP contribution in [0.5, 0.6) is 0 Å². The van der Waals surface area contributed by atoms with Crippen LogP contribution in [0.3, 0.4) is 0 Å². The van der Waals surface area contributed by atoms with E-state index in [0.717, 1.165) is 12.8 Å².